The first-order chi connectivity index (χ1) is 11.6. The maximum atomic E-state index is 12.8. The number of allylic oxidation sites excluding steroid dienone is 2. The van der Waals surface area contributed by atoms with E-state index in [1.54, 1.807) is 24.3 Å². The second kappa shape index (κ2) is 7.81. The van der Waals surface area contributed by atoms with Crippen molar-refractivity contribution in [2.45, 2.75) is 12.8 Å². The fourth-order valence-corrected chi connectivity index (χ4v) is 3.39. The van der Waals surface area contributed by atoms with E-state index in [-0.39, 0.29) is 23.7 Å². The Hall–Kier alpha value is -1.85. The minimum Gasteiger partial charge on any atom is -0.378 e. The summed E-state index contributed by atoms with van der Waals surface area (Å²) in [6.45, 7) is 2.32. The van der Waals surface area contributed by atoms with Crippen LogP contribution in [-0.2, 0) is 14.3 Å². The molecule has 3 rings (SSSR count). The molecule has 1 aromatic rings. The van der Waals surface area contributed by atoms with Gasteiger partial charge >= 0.3 is 0 Å². The minimum absolute atomic E-state index is 0.0499. The first kappa shape index (κ1) is 17.0. The van der Waals surface area contributed by atoms with Crippen LogP contribution in [0.5, 0.6) is 0 Å². The first-order valence-corrected chi connectivity index (χ1v) is 8.61. The molecule has 2 atom stereocenters. The quantitative estimate of drug-likeness (QED) is 0.854. The van der Waals surface area contributed by atoms with Crippen molar-refractivity contribution in [1.82, 2.24) is 4.90 Å². The van der Waals surface area contributed by atoms with Crippen LogP contribution in [0.25, 0.3) is 0 Å². The molecule has 6 heteroatoms. The van der Waals surface area contributed by atoms with Gasteiger partial charge in [0.05, 0.1) is 25.0 Å². The highest BCUT2D eigenvalue weighted by molar-refractivity contribution is 6.30. The number of ether oxygens (including phenoxy) is 1. The van der Waals surface area contributed by atoms with Crippen LogP contribution in [0.1, 0.15) is 12.8 Å². The third-order valence-corrected chi connectivity index (χ3v) is 4.74. The summed E-state index contributed by atoms with van der Waals surface area (Å²) >= 11 is 5.96. The number of amides is 2. The fraction of sp³-hybridized carbons (Fsp3) is 0.444. The van der Waals surface area contributed by atoms with E-state index in [1.165, 1.54) is 0 Å². The van der Waals surface area contributed by atoms with Gasteiger partial charge in [-0.1, -0.05) is 29.8 Å². The van der Waals surface area contributed by atoms with Crippen molar-refractivity contribution in [3.8, 4) is 0 Å². The predicted octanol–water partition coefficient (Wildman–Crippen LogP) is 2.72. The van der Waals surface area contributed by atoms with Crippen LogP contribution in [0, 0.1) is 11.8 Å². The fourth-order valence-electron chi connectivity index (χ4n) is 3.20. The molecule has 0 aromatic heterocycles. The summed E-state index contributed by atoms with van der Waals surface area (Å²) < 4.78 is 5.30. The largest absolute Gasteiger partial charge is 0.378 e. The van der Waals surface area contributed by atoms with Gasteiger partial charge in [0.15, 0.2) is 0 Å². The van der Waals surface area contributed by atoms with E-state index in [2.05, 4.69) is 5.32 Å². The molecule has 5 nitrogen and oxygen atoms in total. The highest BCUT2D eigenvalue weighted by Crippen LogP contribution is 2.29. The molecule has 2 aliphatic rings. The number of rotatable bonds is 3. The highest BCUT2D eigenvalue weighted by Gasteiger charge is 2.36. The lowest BCUT2D eigenvalue weighted by atomic mass is 9.81. The van der Waals surface area contributed by atoms with Gasteiger partial charge in [0, 0.05) is 23.8 Å². The highest BCUT2D eigenvalue weighted by atomic mass is 35.5. The Morgan fingerprint density at radius 1 is 1.12 bits per heavy atom. The standard InChI is InChI=1S/C18H21ClN2O3/c19-13-4-3-5-14(12-13)20-17(22)15-6-1-2-7-16(15)18(23)21-8-10-24-11-9-21/h1-5,12,15-16H,6-11H2,(H,20,22)/t15-,16-/m1/s1. The molecule has 0 unspecified atom stereocenters. The van der Waals surface area contributed by atoms with Gasteiger partial charge in [-0.25, -0.2) is 0 Å². The van der Waals surface area contributed by atoms with Crippen molar-refractivity contribution in [3.63, 3.8) is 0 Å². The number of hydrogen-bond donors (Lipinski definition) is 1. The smallest absolute Gasteiger partial charge is 0.228 e. The molecule has 1 aromatic carbocycles. The number of carbonyl (C=O) groups is 2. The van der Waals surface area contributed by atoms with Gasteiger partial charge in [-0.15, -0.1) is 0 Å². The van der Waals surface area contributed by atoms with Crippen molar-refractivity contribution < 1.29 is 14.3 Å². The van der Waals surface area contributed by atoms with Crippen LogP contribution in [0.4, 0.5) is 5.69 Å². The second-order valence-corrected chi connectivity index (χ2v) is 6.53. The molecule has 1 saturated heterocycles. The Bertz CT molecular complexity index is 641. The van der Waals surface area contributed by atoms with Gasteiger partial charge in [0.1, 0.15) is 0 Å². The topological polar surface area (TPSA) is 58.6 Å². The number of benzene rings is 1. The SMILES string of the molecule is O=C(Nc1cccc(Cl)c1)[C@@H]1CC=CC[C@H]1C(=O)N1CCOCC1. The number of halogens is 1. The third kappa shape index (κ3) is 3.97. The van der Waals surface area contributed by atoms with Gasteiger partial charge in [-0.05, 0) is 31.0 Å². The number of hydrogen-bond acceptors (Lipinski definition) is 3. The Kier molecular flexibility index (Phi) is 5.53. The zero-order valence-electron chi connectivity index (χ0n) is 13.4. The molecule has 0 spiro atoms. The molecule has 0 radical (unpaired) electrons. The van der Waals surface area contributed by atoms with Gasteiger partial charge in [0.25, 0.3) is 0 Å². The predicted molar refractivity (Wildman–Crippen MR) is 92.8 cm³/mol. The minimum atomic E-state index is -0.357. The van der Waals surface area contributed by atoms with Crippen LogP contribution < -0.4 is 5.32 Å². The molecule has 0 saturated carbocycles. The van der Waals surface area contributed by atoms with Crippen molar-refractivity contribution in [3.05, 3.63) is 41.4 Å². The Morgan fingerprint density at radius 2 is 1.83 bits per heavy atom. The molecule has 1 heterocycles. The van der Waals surface area contributed by atoms with Crippen LogP contribution >= 0.6 is 11.6 Å². The van der Waals surface area contributed by atoms with E-state index in [9.17, 15) is 9.59 Å². The summed E-state index contributed by atoms with van der Waals surface area (Å²) in [6, 6.07) is 7.04. The number of carbonyl (C=O) groups excluding carboxylic acids is 2. The zero-order valence-corrected chi connectivity index (χ0v) is 14.2. The van der Waals surface area contributed by atoms with Crippen LogP contribution in [-0.4, -0.2) is 43.0 Å². The molecule has 1 aliphatic heterocycles. The van der Waals surface area contributed by atoms with Crippen molar-refractivity contribution >= 4 is 29.1 Å². The Balaban J connectivity index is 1.70. The maximum absolute atomic E-state index is 12.8. The zero-order chi connectivity index (χ0) is 16.9. The van der Waals surface area contributed by atoms with Gasteiger partial charge in [-0.2, -0.15) is 0 Å². The number of morpholine rings is 1. The second-order valence-electron chi connectivity index (χ2n) is 6.09. The average Bonchev–Trinajstić information content (AvgIpc) is 2.62. The van der Waals surface area contributed by atoms with Crippen LogP contribution in [0.3, 0.4) is 0 Å². The molecule has 0 bridgehead atoms. The first-order valence-electron chi connectivity index (χ1n) is 8.23. The van der Waals surface area contributed by atoms with E-state index in [0.29, 0.717) is 49.9 Å². The lowest BCUT2D eigenvalue weighted by molar-refractivity contribution is -0.144. The van der Waals surface area contributed by atoms with Gasteiger partial charge < -0.3 is 15.0 Å². The van der Waals surface area contributed by atoms with E-state index in [1.807, 2.05) is 17.1 Å². The number of nitrogens with zero attached hydrogens (tertiary/aromatic N) is 1. The third-order valence-electron chi connectivity index (χ3n) is 4.50. The van der Waals surface area contributed by atoms with E-state index in [4.69, 9.17) is 16.3 Å². The normalized spacial score (nSPS) is 23.8. The molecule has 24 heavy (non-hydrogen) atoms. The van der Waals surface area contributed by atoms with E-state index < -0.39 is 0 Å². The molecular weight excluding hydrogens is 328 g/mol. The van der Waals surface area contributed by atoms with E-state index >= 15 is 0 Å². The van der Waals surface area contributed by atoms with Gasteiger partial charge in [-0.3, -0.25) is 9.59 Å². The van der Waals surface area contributed by atoms with Crippen molar-refractivity contribution in [2.75, 3.05) is 31.6 Å². The Labute approximate surface area is 146 Å². The Morgan fingerprint density at radius 3 is 2.54 bits per heavy atom. The molecule has 1 N–H and O–H groups in total. The van der Waals surface area contributed by atoms with Crippen molar-refractivity contribution in [2.24, 2.45) is 11.8 Å². The molecule has 2 amide bonds. The lowest BCUT2D eigenvalue weighted by Gasteiger charge is -2.34. The summed E-state index contributed by atoms with van der Waals surface area (Å²) in [5.41, 5.74) is 0.652. The molecule has 1 fully saturated rings. The summed E-state index contributed by atoms with van der Waals surface area (Å²) in [6.07, 6.45) is 5.15. The van der Waals surface area contributed by atoms with Crippen molar-refractivity contribution in [1.29, 1.82) is 0 Å². The van der Waals surface area contributed by atoms with Gasteiger partial charge in [0.2, 0.25) is 11.8 Å². The maximum Gasteiger partial charge on any atom is 0.228 e. The molecule has 128 valence electrons. The van der Waals surface area contributed by atoms with Crippen LogP contribution in [0.15, 0.2) is 36.4 Å². The molecular formula is C18H21ClN2O3. The summed E-state index contributed by atoms with van der Waals surface area (Å²) in [7, 11) is 0. The lowest BCUT2D eigenvalue weighted by Crippen LogP contribution is -2.47. The van der Waals surface area contributed by atoms with E-state index in [0.717, 1.165) is 0 Å². The summed E-state index contributed by atoms with van der Waals surface area (Å²) in [5, 5.41) is 3.45. The molecule has 1 aliphatic carbocycles. The summed E-state index contributed by atoms with van der Waals surface area (Å²) in [5.74, 6) is -0.751. The average molecular weight is 349 g/mol. The number of anilines is 1. The summed E-state index contributed by atoms with van der Waals surface area (Å²) in [4.78, 5) is 27.3. The number of nitrogens with one attached hydrogen (secondary N) is 1. The monoisotopic (exact) mass is 348 g/mol. The van der Waals surface area contributed by atoms with Crippen LogP contribution in [0.2, 0.25) is 5.02 Å².